The monoisotopic (exact) mass is 561 g/mol. The van der Waals surface area contributed by atoms with Crippen molar-refractivity contribution in [1.29, 1.82) is 0 Å². The van der Waals surface area contributed by atoms with Crippen molar-refractivity contribution < 1.29 is 24.2 Å². The van der Waals surface area contributed by atoms with Crippen LogP contribution in [0.5, 0.6) is 5.75 Å². The number of benzene rings is 3. The summed E-state index contributed by atoms with van der Waals surface area (Å²) in [6.45, 7) is 7.85. The number of hydrogen-bond acceptors (Lipinski definition) is 5. The lowest BCUT2D eigenvalue weighted by atomic mass is 9.99. The molecule has 0 saturated heterocycles. The SMILES string of the molecule is CC(C)NC(=O)N(C)C[C@@H]1Oc2c(NC(=O)Nc3cccc4ccccc34)cccc2C(=O)N([C@H](C)CO)C[C@H]1C. The fraction of sp³-hybridized carbons (Fsp3) is 0.387. The Kier molecular flexibility index (Phi) is 9.34. The van der Waals surface area contributed by atoms with Crippen molar-refractivity contribution in [3.05, 3.63) is 66.2 Å². The van der Waals surface area contributed by atoms with E-state index in [2.05, 4.69) is 16.0 Å². The molecule has 0 fully saturated rings. The number of likely N-dealkylation sites (N-methyl/N-ethyl adjacent to an activating group) is 1. The van der Waals surface area contributed by atoms with E-state index in [-0.39, 0.29) is 48.4 Å². The van der Waals surface area contributed by atoms with Crippen molar-refractivity contribution in [1.82, 2.24) is 15.1 Å². The van der Waals surface area contributed by atoms with Crippen LogP contribution in [0.25, 0.3) is 10.8 Å². The third-order valence-corrected chi connectivity index (χ3v) is 7.19. The Morgan fingerprint density at radius 3 is 2.41 bits per heavy atom. The van der Waals surface area contributed by atoms with Gasteiger partial charge in [-0.1, -0.05) is 49.4 Å². The van der Waals surface area contributed by atoms with Crippen LogP contribution in [-0.2, 0) is 0 Å². The molecule has 0 aromatic heterocycles. The van der Waals surface area contributed by atoms with Crippen LogP contribution in [0.3, 0.4) is 0 Å². The molecule has 4 rings (SSSR count). The maximum atomic E-state index is 13.7. The number of nitrogens with one attached hydrogen (secondary N) is 3. The zero-order valence-electron chi connectivity index (χ0n) is 24.2. The molecule has 10 heteroatoms. The first kappa shape index (κ1) is 29.7. The zero-order chi connectivity index (χ0) is 29.7. The van der Waals surface area contributed by atoms with Crippen molar-refractivity contribution in [3.63, 3.8) is 0 Å². The zero-order valence-corrected chi connectivity index (χ0v) is 24.2. The molecule has 10 nitrogen and oxygen atoms in total. The highest BCUT2D eigenvalue weighted by Crippen LogP contribution is 2.35. The molecule has 0 unspecified atom stereocenters. The molecular formula is C31H39N5O5. The number of anilines is 2. The van der Waals surface area contributed by atoms with E-state index in [0.29, 0.717) is 17.9 Å². The second-order valence-corrected chi connectivity index (χ2v) is 10.9. The lowest BCUT2D eigenvalue weighted by Crippen LogP contribution is -2.51. The first-order valence-corrected chi connectivity index (χ1v) is 13.9. The van der Waals surface area contributed by atoms with Crippen LogP contribution in [0.2, 0.25) is 0 Å². The van der Waals surface area contributed by atoms with Gasteiger partial charge in [0.05, 0.1) is 36.1 Å². The summed E-state index contributed by atoms with van der Waals surface area (Å²) in [5.41, 5.74) is 1.22. The fourth-order valence-corrected chi connectivity index (χ4v) is 4.88. The smallest absolute Gasteiger partial charge is 0.323 e. The molecule has 3 aromatic rings. The van der Waals surface area contributed by atoms with E-state index in [1.54, 1.807) is 42.0 Å². The van der Waals surface area contributed by atoms with E-state index in [0.717, 1.165) is 10.8 Å². The van der Waals surface area contributed by atoms with Gasteiger partial charge in [-0.2, -0.15) is 0 Å². The van der Waals surface area contributed by atoms with Crippen LogP contribution >= 0.6 is 0 Å². The number of aliphatic hydroxyl groups excluding tert-OH is 1. The lowest BCUT2D eigenvalue weighted by Gasteiger charge is -2.38. The number of rotatable bonds is 7. The summed E-state index contributed by atoms with van der Waals surface area (Å²) < 4.78 is 6.49. The molecular weight excluding hydrogens is 522 g/mol. The predicted octanol–water partition coefficient (Wildman–Crippen LogP) is 4.75. The third-order valence-electron chi connectivity index (χ3n) is 7.19. The second kappa shape index (κ2) is 12.9. The Balaban J connectivity index is 1.66. The Bertz CT molecular complexity index is 1410. The van der Waals surface area contributed by atoms with Gasteiger partial charge >= 0.3 is 12.1 Å². The number of amides is 5. The Labute approximate surface area is 240 Å². The summed E-state index contributed by atoms with van der Waals surface area (Å²) in [7, 11) is 1.69. The van der Waals surface area contributed by atoms with Gasteiger partial charge in [0.1, 0.15) is 6.10 Å². The Morgan fingerprint density at radius 1 is 1.02 bits per heavy atom. The molecule has 218 valence electrons. The average Bonchev–Trinajstić information content (AvgIpc) is 2.94. The standard InChI is InChI=1S/C31H39N5O5/c1-19(2)32-31(40)35(5)17-27-20(3)16-36(21(4)18-37)29(38)24-13-9-15-26(28(24)41-27)34-30(39)33-25-14-8-11-22-10-6-7-12-23(22)25/h6-15,19-21,27,37H,16-18H2,1-5H3,(H,32,40)(H2,33,34,39)/t20-,21-,27+/m1/s1. The normalized spacial score (nSPS) is 17.6. The maximum absolute atomic E-state index is 13.7. The largest absolute Gasteiger partial charge is 0.485 e. The number of para-hydroxylation sites is 1. The summed E-state index contributed by atoms with van der Waals surface area (Å²) >= 11 is 0. The summed E-state index contributed by atoms with van der Waals surface area (Å²) in [6, 6.07) is 17.2. The number of urea groups is 2. The van der Waals surface area contributed by atoms with Crippen molar-refractivity contribution >= 4 is 40.1 Å². The molecule has 1 heterocycles. The van der Waals surface area contributed by atoms with Gasteiger partial charge in [-0.3, -0.25) is 4.79 Å². The fourth-order valence-electron chi connectivity index (χ4n) is 4.88. The summed E-state index contributed by atoms with van der Waals surface area (Å²) in [5.74, 6) is -0.293. The van der Waals surface area contributed by atoms with E-state index in [4.69, 9.17) is 4.74 Å². The van der Waals surface area contributed by atoms with Crippen LogP contribution in [0.1, 0.15) is 38.1 Å². The van der Waals surface area contributed by atoms with Crippen LogP contribution in [-0.4, -0.2) is 77.8 Å². The number of nitrogens with zero attached hydrogens (tertiary/aromatic N) is 2. The number of ether oxygens (including phenoxy) is 1. The molecule has 1 aliphatic rings. The average molecular weight is 562 g/mol. The molecule has 3 aromatic carbocycles. The van der Waals surface area contributed by atoms with Crippen molar-refractivity contribution in [2.75, 3.05) is 37.4 Å². The number of hydrogen-bond donors (Lipinski definition) is 4. The lowest BCUT2D eigenvalue weighted by molar-refractivity contribution is 0.0368. The van der Waals surface area contributed by atoms with E-state index < -0.39 is 18.2 Å². The van der Waals surface area contributed by atoms with Crippen LogP contribution in [0.4, 0.5) is 21.0 Å². The van der Waals surface area contributed by atoms with Gasteiger partial charge in [0.2, 0.25) is 0 Å². The van der Waals surface area contributed by atoms with Gasteiger partial charge in [-0.15, -0.1) is 0 Å². The maximum Gasteiger partial charge on any atom is 0.323 e. The van der Waals surface area contributed by atoms with E-state index in [9.17, 15) is 19.5 Å². The topological polar surface area (TPSA) is 123 Å². The van der Waals surface area contributed by atoms with Gasteiger partial charge in [-0.05, 0) is 44.4 Å². The molecule has 0 saturated carbocycles. The van der Waals surface area contributed by atoms with Crippen molar-refractivity contribution in [2.45, 2.75) is 45.9 Å². The van der Waals surface area contributed by atoms with Gasteiger partial charge in [0.15, 0.2) is 5.75 Å². The minimum atomic E-state index is -0.512. The molecule has 0 bridgehead atoms. The predicted molar refractivity (Wildman–Crippen MR) is 160 cm³/mol. The number of fused-ring (bicyclic) bond motifs is 2. The van der Waals surface area contributed by atoms with Crippen LogP contribution in [0.15, 0.2) is 60.7 Å². The summed E-state index contributed by atoms with van der Waals surface area (Å²) in [5, 5.41) is 20.4. The Hall–Kier alpha value is -4.31. The molecule has 5 amide bonds. The van der Waals surface area contributed by atoms with Crippen LogP contribution < -0.4 is 20.7 Å². The molecule has 1 aliphatic heterocycles. The van der Waals surface area contributed by atoms with Gasteiger partial charge in [0.25, 0.3) is 5.91 Å². The second-order valence-electron chi connectivity index (χ2n) is 10.9. The van der Waals surface area contributed by atoms with Gasteiger partial charge < -0.3 is 35.6 Å². The highest BCUT2D eigenvalue weighted by molar-refractivity contribution is 6.08. The molecule has 0 spiro atoms. The third kappa shape index (κ3) is 6.89. The van der Waals surface area contributed by atoms with Crippen molar-refractivity contribution in [3.8, 4) is 5.75 Å². The molecule has 4 N–H and O–H groups in total. The molecule has 0 radical (unpaired) electrons. The first-order chi connectivity index (χ1) is 19.6. The molecule has 41 heavy (non-hydrogen) atoms. The quantitative estimate of drug-likeness (QED) is 0.331. The minimum Gasteiger partial charge on any atom is -0.485 e. The van der Waals surface area contributed by atoms with Crippen LogP contribution in [0, 0.1) is 5.92 Å². The van der Waals surface area contributed by atoms with Gasteiger partial charge in [0, 0.05) is 30.9 Å². The van der Waals surface area contributed by atoms with E-state index in [1.165, 1.54) is 0 Å². The number of aliphatic hydroxyl groups is 1. The summed E-state index contributed by atoms with van der Waals surface area (Å²) in [6.07, 6.45) is -0.512. The highest BCUT2D eigenvalue weighted by Gasteiger charge is 2.35. The Morgan fingerprint density at radius 2 is 1.68 bits per heavy atom. The molecule has 0 aliphatic carbocycles. The first-order valence-electron chi connectivity index (χ1n) is 13.9. The van der Waals surface area contributed by atoms with Gasteiger partial charge in [-0.25, -0.2) is 9.59 Å². The molecule has 3 atom stereocenters. The minimum absolute atomic E-state index is 0.0316. The van der Waals surface area contributed by atoms with E-state index in [1.807, 2.05) is 63.2 Å². The number of carbonyl (C=O) groups is 3. The highest BCUT2D eigenvalue weighted by atomic mass is 16.5. The van der Waals surface area contributed by atoms with Crippen molar-refractivity contribution in [2.24, 2.45) is 5.92 Å². The summed E-state index contributed by atoms with van der Waals surface area (Å²) in [4.78, 5) is 42.8. The number of carbonyl (C=O) groups excluding carboxylic acids is 3. The van der Waals surface area contributed by atoms with E-state index >= 15 is 0 Å².